The van der Waals surface area contributed by atoms with Gasteiger partial charge in [0.05, 0.1) is 5.56 Å². The molecule has 1 amide bonds. The van der Waals surface area contributed by atoms with Crippen molar-refractivity contribution in [2.75, 3.05) is 0 Å². The Hall–Kier alpha value is -2.67. The van der Waals surface area contributed by atoms with Gasteiger partial charge in [-0.05, 0) is 24.6 Å². The highest BCUT2D eigenvalue weighted by Gasteiger charge is 2.55. The summed E-state index contributed by atoms with van der Waals surface area (Å²) in [6.07, 6.45) is 0. The van der Waals surface area contributed by atoms with Gasteiger partial charge in [-0.2, -0.15) is 0 Å². The molecule has 1 aliphatic rings. The molecule has 0 aromatic heterocycles. The summed E-state index contributed by atoms with van der Waals surface area (Å²) >= 11 is 0. The lowest BCUT2D eigenvalue weighted by molar-refractivity contribution is -0.147. The number of carbonyl (C=O) groups excluding carboxylic acids is 1. The number of carboxylic acids is 1. The van der Waals surface area contributed by atoms with E-state index in [1.165, 1.54) is 43.3 Å². The van der Waals surface area contributed by atoms with Crippen LogP contribution in [0.5, 0.6) is 0 Å². The van der Waals surface area contributed by atoms with E-state index >= 15 is 0 Å². The fourth-order valence-corrected chi connectivity index (χ4v) is 4.58. The Balaban J connectivity index is 2.28. The zero-order valence-electron chi connectivity index (χ0n) is 12.1. The van der Waals surface area contributed by atoms with Crippen LogP contribution in [0.1, 0.15) is 22.8 Å². The van der Waals surface area contributed by atoms with Crippen LogP contribution in [0, 0.1) is 0 Å². The Kier molecular flexibility index (Phi) is 3.26. The molecule has 1 atom stereocenters. The summed E-state index contributed by atoms with van der Waals surface area (Å²) in [7, 11) is -4.24. The number of hydrogen-bond acceptors (Lipinski definition) is 4. The third kappa shape index (κ3) is 1.97. The van der Waals surface area contributed by atoms with Gasteiger partial charge in [-0.1, -0.05) is 42.5 Å². The molecule has 1 unspecified atom stereocenters. The third-order valence-corrected chi connectivity index (χ3v) is 5.90. The maximum atomic E-state index is 12.8. The molecule has 0 saturated heterocycles. The van der Waals surface area contributed by atoms with Gasteiger partial charge in [0.25, 0.3) is 15.9 Å². The second-order valence-corrected chi connectivity index (χ2v) is 7.07. The molecule has 1 N–H and O–H groups in total. The van der Waals surface area contributed by atoms with E-state index in [0.717, 1.165) is 0 Å². The van der Waals surface area contributed by atoms with Gasteiger partial charge in [0, 0.05) is 0 Å². The van der Waals surface area contributed by atoms with Gasteiger partial charge >= 0.3 is 5.97 Å². The summed E-state index contributed by atoms with van der Waals surface area (Å²) in [5.41, 5.74) is -1.84. The summed E-state index contributed by atoms with van der Waals surface area (Å²) in [6, 6.07) is 13.6. The van der Waals surface area contributed by atoms with E-state index in [-0.39, 0.29) is 16.0 Å². The van der Waals surface area contributed by atoms with Crippen molar-refractivity contribution in [3.05, 3.63) is 65.7 Å². The van der Waals surface area contributed by atoms with Crippen LogP contribution >= 0.6 is 0 Å². The third-order valence-electron chi connectivity index (χ3n) is 3.98. The van der Waals surface area contributed by atoms with Crippen molar-refractivity contribution in [3.8, 4) is 0 Å². The average Bonchev–Trinajstić information content (AvgIpc) is 2.75. The number of amides is 1. The summed E-state index contributed by atoms with van der Waals surface area (Å²) in [4.78, 5) is 24.4. The van der Waals surface area contributed by atoms with Crippen LogP contribution in [0.3, 0.4) is 0 Å². The van der Waals surface area contributed by atoms with Crippen LogP contribution in [-0.2, 0) is 20.4 Å². The molecular weight excluding hydrogens is 318 g/mol. The molecule has 0 bridgehead atoms. The Labute approximate surface area is 133 Å². The van der Waals surface area contributed by atoms with Crippen molar-refractivity contribution in [1.82, 2.24) is 4.31 Å². The van der Waals surface area contributed by atoms with E-state index < -0.39 is 27.4 Å². The Morgan fingerprint density at radius 1 is 1.04 bits per heavy atom. The lowest BCUT2D eigenvalue weighted by Gasteiger charge is -2.33. The van der Waals surface area contributed by atoms with E-state index in [9.17, 15) is 23.1 Å². The number of carbonyl (C=O) groups is 2. The van der Waals surface area contributed by atoms with Crippen molar-refractivity contribution >= 4 is 21.9 Å². The molecule has 118 valence electrons. The molecule has 0 spiro atoms. The van der Waals surface area contributed by atoms with Crippen molar-refractivity contribution in [2.45, 2.75) is 17.4 Å². The maximum Gasteiger partial charge on any atom is 0.335 e. The number of nitrogens with zero attached hydrogens (tertiary/aromatic N) is 1. The van der Waals surface area contributed by atoms with Crippen molar-refractivity contribution in [2.24, 2.45) is 0 Å². The minimum Gasteiger partial charge on any atom is -0.479 e. The van der Waals surface area contributed by atoms with E-state index in [0.29, 0.717) is 4.31 Å². The van der Waals surface area contributed by atoms with Gasteiger partial charge in [-0.15, -0.1) is 0 Å². The molecule has 23 heavy (non-hydrogen) atoms. The largest absolute Gasteiger partial charge is 0.479 e. The molecule has 7 heteroatoms. The van der Waals surface area contributed by atoms with E-state index in [1.807, 2.05) is 0 Å². The molecule has 1 aliphatic heterocycles. The Morgan fingerprint density at radius 2 is 1.61 bits per heavy atom. The molecule has 0 radical (unpaired) electrons. The predicted octanol–water partition coefficient (Wildman–Crippen LogP) is 1.83. The quantitative estimate of drug-likeness (QED) is 0.926. The number of benzene rings is 2. The van der Waals surface area contributed by atoms with E-state index in [4.69, 9.17) is 0 Å². The Bertz CT molecular complexity index is 907. The summed E-state index contributed by atoms with van der Waals surface area (Å²) in [6.45, 7) is 1.21. The normalized spacial score (nSPS) is 18.3. The highest BCUT2D eigenvalue weighted by atomic mass is 32.2. The predicted molar refractivity (Wildman–Crippen MR) is 81.2 cm³/mol. The van der Waals surface area contributed by atoms with Gasteiger partial charge < -0.3 is 5.11 Å². The van der Waals surface area contributed by atoms with Crippen molar-refractivity contribution < 1.29 is 23.1 Å². The number of fused-ring (bicyclic) bond motifs is 1. The van der Waals surface area contributed by atoms with Crippen LogP contribution in [0.25, 0.3) is 0 Å². The highest BCUT2D eigenvalue weighted by molar-refractivity contribution is 7.90. The second-order valence-electron chi connectivity index (χ2n) is 5.31. The lowest BCUT2D eigenvalue weighted by Crippen LogP contribution is -2.52. The lowest BCUT2D eigenvalue weighted by atomic mass is 9.91. The SMILES string of the molecule is CC(C(=O)O)(c1ccccc1)N1C(=O)c2ccccc2S1(=O)=O. The van der Waals surface area contributed by atoms with Gasteiger partial charge in [0.2, 0.25) is 0 Å². The zero-order valence-corrected chi connectivity index (χ0v) is 12.9. The topological polar surface area (TPSA) is 91.8 Å². The summed E-state index contributed by atoms with van der Waals surface area (Å²) in [5.74, 6) is -2.26. The molecule has 2 aromatic carbocycles. The number of rotatable bonds is 3. The standard InChI is InChI=1S/C16H13NO5S/c1-16(15(19)20,11-7-3-2-4-8-11)17-14(18)12-9-5-6-10-13(12)23(17,21)22/h2-10H,1H3,(H,19,20). The number of carboxylic acid groups (broad SMARTS) is 1. The van der Waals surface area contributed by atoms with Crippen LogP contribution in [-0.4, -0.2) is 29.7 Å². The molecule has 0 fully saturated rings. The maximum absolute atomic E-state index is 12.8. The molecule has 6 nitrogen and oxygen atoms in total. The first-order valence-corrected chi connectivity index (χ1v) is 8.23. The van der Waals surface area contributed by atoms with Gasteiger partial charge in [-0.3, -0.25) is 4.79 Å². The van der Waals surface area contributed by atoms with Gasteiger partial charge in [0.1, 0.15) is 4.90 Å². The fraction of sp³-hybridized carbons (Fsp3) is 0.125. The number of sulfonamides is 1. The molecule has 2 aromatic rings. The van der Waals surface area contributed by atoms with Gasteiger partial charge in [0.15, 0.2) is 5.54 Å². The molecule has 0 saturated carbocycles. The smallest absolute Gasteiger partial charge is 0.335 e. The van der Waals surface area contributed by atoms with Crippen LogP contribution in [0.4, 0.5) is 0 Å². The number of aliphatic carboxylic acids is 1. The molecular formula is C16H13NO5S. The van der Waals surface area contributed by atoms with Crippen molar-refractivity contribution in [1.29, 1.82) is 0 Å². The highest BCUT2D eigenvalue weighted by Crippen LogP contribution is 2.40. The summed E-state index contributed by atoms with van der Waals surface area (Å²) < 4.78 is 26.0. The van der Waals surface area contributed by atoms with E-state index in [1.54, 1.807) is 18.2 Å². The molecule has 3 rings (SSSR count). The Morgan fingerprint density at radius 3 is 2.17 bits per heavy atom. The first kappa shape index (κ1) is 15.2. The first-order valence-electron chi connectivity index (χ1n) is 6.79. The van der Waals surface area contributed by atoms with Crippen LogP contribution in [0.15, 0.2) is 59.5 Å². The van der Waals surface area contributed by atoms with Crippen LogP contribution in [0.2, 0.25) is 0 Å². The van der Waals surface area contributed by atoms with Crippen LogP contribution < -0.4 is 0 Å². The monoisotopic (exact) mass is 331 g/mol. The number of hydrogen-bond donors (Lipinski definition) is 1. The average molecular weight is 331 g/mol. The first-order chi connectivity index (χ1) is 10.8. The molecule has 1 heterocycles. The fourth-order valence-electron chi connectivity index (χ4n) is 2.72. The second kappa shape index (κ2) is 4.92. The minimum absolute atomic E-state index is 0.0177. The van der Waals surface area contributed by atoms with E-state index in [2.05, 4.69) is 0 Å². The summed E-state index contributed by atoms with van der Waals surface area (Å²) in [5, 5.41) is 9.72. The minimum atomic E-state index is -4.24. The molecule has 0 aliphatic carbocycles. The van der Waals surface area contributed by atoms with Crippen molar-refractivity contribution in [3.63, 3.8) is 0 Å². The van der Waals surface area contributed by atoms with Gasteiger partial charge in [-0.25, -0.2) is 17.5 Å². The zero-order chi connectivity index (χ0) is 16.8.